The maximum absolute atomic E-state index is 13.3. The summed E-state index contributed by atoms with van der Waals surface area (Å²) < 4.78 is 14.9. The summed E-state index contributed by atoms with van der Waals surface area (Å²) in [5.74, 6) is 0.0118. The molecule has 0 atom stereocenters. The molecule has 182 valence electrons. The smallest absolute Gasteiger partial charge is 0.253 e. The van der Waals surface area contributed by atoms with E-state index >= 15 is 0 Å². The van der Waals surface area contributed by atoms with Gasteiger partial charge in [-0.15, -0.1) is 0 Å². The number of hydrogen-bond acceptors (Lipinski definition) is 6. The summed E-state index contributed by atoms with van der Waals surface area (Å²) in [5.41, 5.74) is 2.47. The first-order chi connectivity index (χ1) is 17.5. The highest BCUT2D eigenvalue weighted by Crippen LogP contribution is 2.16. The molecule has 1 saturated heterocycles. The van der Waals surface area contributed by atoms with E-state index in [0.717, 1.165) is 5.69 Å². The minimum absolute atomic E-state index is 0.0269. The average Bonchev–Trinajstić information content (AvgIpc) is 3.37. The monoisotopic (exact) mass is 485 g/mol. The maximum Gasteiger partial charge on any atom is 0.253 e. The summed E-state index contributed by atoms with van der Waals surface area (Å²) in [6.45, 7) is 2.54. The second kappa shape index (κ2) is 10.3. The van der Waals surface area contributed by atoms with Crippen molar-refractivity contribution in [1.29, 1.82) is 0 Å². The second-order valence-electron chi connectivity index (χ2n) is 8.40. The summed E-state index contributed by atoms with van der Waals surface area (Å²) in [6.07, 6.45) is 6.71. The van der Waals surface area contributed by atoms with Crippen LogP contribution in [0.1, 0.15) is 15.9 Å². The van der Waals surface area contributed by atoms with Gasteiger partial charge in [0, 0.05) is 44.1 Å². The quantitative estimate of drug-likeness (QED) is 0.451. The molecule has 0 bridgehead atoms. The van der Waals surface area contributed by atoms with E-state index in [4.69, 9.17) is 0 Å². The fraction of sp³-hybridized carbons (Fsp3) is 0.192. The zero-order valence-corrected chi connectivity index (χ0v) is 19.4. The van der Waals surface area contributed by atoms with Gasteiger partial charge < -0.3 is 15.1 Å². The third kappa shape index (κ3) is 5.38. The van der Waals surface area contributed by atoms with Crippen molar-refractivity contribution >= 4 is 23.5 Å². The van der Waals surface area contributed by atoms with Gasteiger partial charge in [0.1, 0.15) is 5.82 Å². The van der Waals surface area contributed by atoms with E-state index in [2.05, 4.69) is 25.3 Å². The summed E-state index contributed by atoms with van der Waals surface area (Å²) >= 11 is 0. The summed E-state index contributed by atoms with van der Waals surface area (Å²) in [7, 11) is 0. The molecule has 2 aromatic carbocycles. The Hall–Kier alpha value is -4.60. The molecule has 0 radical (unpaired) electrons. The van der Waals surface area contributed by atoms with E-state index in [1.165, 1.54) is 12.1 Å². The number of nitrogens with zero attached hydrogens (tertiary/aromatic N) is 6. The molecule has 1 aliphatic rings. The van der Waals surface area contributed by atoms with Crippen molar-refractivity contribution in [2.45, 2.75) is 6.42 Å². The van der Waals surface area contributed by atoms with Crippen molar-refractivity contribution in [2.75, 3.05) is 36.4 Å². The van der Waals surface area contributed by atoms with Crippen molar-refractivity contribution in [2.24, 2.45) is 0 Å². The number of aromatic nitrogens is 4. The van der Waals surface area contributed by atoms with Gasteiger partial charge >= 0.3 is 0 Å². The number of nitrogens with one attached hydrogen (secondary N) is 1. The fourth-order valence-electron chi connectivity index (χ4n) is 4.07. The molecule has 1 N–H and O–H groups in total. The first kappa shape index (κ1) is 23.2. The molecule has 0 aliphatic carbocycles. The lowest BCUT2D eigenvalue weighted by Gasteiger charge is -2.34. The van der Waals surface area contributed by atoms with Gasteiger partial charge in [-0.1, -0.05) is 12.1 Å². The average molecular weight is 486 g/mol. The molecule has 2 aromatic heterocycles. The number of anilines is 2. The number of hydrogen-bond donors (Lipinski definition) is 1. The molecule has 5 rings (SSSR count). The Morgan fingerprint density at radius 3 is 2.42 bits per heavy atom. The molecule has 9 nitrogen and oxygen atoms in total. The standard InChI is InChI=1S/C26H24FN7O2/c27-21-4-1-3-19(15-21)16-24(35)31-22-17-30-34(18-22)23-7-5-20(6-8-23)25(36)32-11-13-33(14-12-32)26-28-9-2-10-29-26/h1-10,15,17-18H,11-14,16H2,(H,31,35). The van der Waals surface area contributed by atoms with Gasteiger partial charge in [0.25, 0.3) is 5.91 Å². The van der Waals surface area contributed by atoms with Crippen molar-refractivity contribution in [3.63, 3.8) is 0 Å². The topological polar surface area (TPSA) is 96.2 Å². The molecular formula is C26H24FN7O2. The van der Waals surface area contributed by atoms with Gasteiger partial charge in [-0.2, -0.15) is 5.10 Å². The van der Waals surface area contributed by atoms with E-state index in [-0.39, 0.29) is 24.1 Å². The van der Waals surface area contributed by atoms with Crippen LogP contribution in [0.25, 0.3) is 5.69 Å². The molecule has 0 spiro atoms. The minimum atomic E-state index is -0.376. The van der Waals surface area contributed by atoms with Crippen LogP contribution in [0.3, 0.4) is 0 Å². The van der Waals surface area contributed by atoms with Crippen LogP contribution >= 0.6 is 0 Å². The number of carbonyl (C=O) groups excluding carboxylic acids is 2. The SMILES string of the molecule is O=C(Cc1cccc(F)c1)Nc1cnn(-c2ccc(C(=O)N3CCN(c4ncccn4)CC3)cc2)c1. The van der Waals surface area contributed by atoms with E-state index in [1.54, 1.807) is 59.8 Å². The van der Waals surface area contributed by atoms with Crippen molar-refractivity contribution in [3.05, 3.63) is 96.3 Å². The third-order valence-corrected chi connectivity index (χ3v) is 5.90. The van der Waals surface area contributed by atoms with Gasteiger partial charge in [0.05, 0.1) is 30.2 Å². The van der Waals surface area contributed by atoms with Crippen molar-refractivity contribution < 1.29 is 14.0 Å². The van der Waals surface area contributed by atoms with Gasteiger partial charge in [-0.25, -0.2) is 19.0 Å². The van der Waals surface area contributed by atoms with Crippen molar-refractivity contribution in [1.82, 2.24) is 24.6 Å². The van der Waals surface area contributed by atoms with Gasteiger partial charge in [-0.3, -0.25) is 9.59 Å². The highest BCUT2D eigenvalue weighted by Gasteiger charge is 2.23. The Kier molecular flexibility index (Phi) is 6.65. The largest absolute Gasteiger partial charge is 0.337 e. The molecule has 1 fully saturated rings. The van der Waals surface area contributed by atoms with Crippen LogP contribution < -0.4 is 10.2 Å². The van der Waals surface area contributed by atoms with Crippen LogP contribution in [0.4, 0.5) is 16.0 Å². The molecular weight excluding hydrogens is 461 g/mol. The lowest BCUT2D eigenvalue weighted by atomic mass is 10.1. The van der Waals surface area contributed by atoms with E-state index in [0.29, 0.717) is 48.9 Å². The Balaban J connectivity index is 1.17. The molecule has 2 amide bonds. The molecule has 0 unspecified atom stereocenters. The van der Waals surface area contributed by atoms with Gasteiger partial charge in [0.2, 0.25) is 11.9 Å². The Morgan fingerprint density at radius 2 is 1.69 bits per heavy atom. The highest BCUT2D eigenvalue weighted by atomic mass is 19.1. The predicted octanol–water partition coefficient (Wildman–Crippen LogP) is 2.95. The second-order valence-corrected chi connectivity index (χ2v) is 8.40. The lowest BCUT2D eigenvalue weighted by Crippen LogP contribution is -2.49. The van der Waals surface area contributed by atoms with Crippen LogP contribution in [0, 0.1) is 5.82 Å². The number of halogens is 1. The molecule has 36 heavy (non-hydrogen) atoms. The van der Waals surface area contributed by atoms with Gasteiger partial charge in [0.15, 0.2) is 0 Å². The molecule has 1 aliphatic heterocycles. The van der Waals surface area contributed by atoms with E-state index in [9.17, 15) is 14.0 Å². The summed E-state index contributed by atoms with van der Waals surface area (Å²) in [5, 5.41) is 7.06. The maximum atomic E-state index is 13.3. The van der Waals surface area contributed by atoms with Crippen molar-refractivity contribution in [3.8, 4) is 5.69 Å². The number of carbonyl (C=O) groups is 2. The minimum Gasteiger partial charge on any atom is -0.337 e. The summed E-state index contributed by atoms with van der Waals surface area (Å²) in [4.78, 5) is 37.7. The molecule has 10 heteroatoms. The number of rotatable bonds is 6. The Labute approximate surface area is 207 Å². The molecule has 3 heterocycles. The van der Waals surface area contributed by atoms with Crippen LogP contribution in [0.2, 0.25) is 0 Å². The number of piperazine rings is 1. The highest BCUT2D eigenvalue weighted by molar-refractivity contribution is 5.94. The number of benzene rings is 2. The third-order valence-electron chi connectivity index (χ3n) is 5.90. The van der Waals surface area contributed by atoms with E-state index in [1.807, 2.05) is 17.0 Å². The number of amides is 2. The zero-order chi connectivity index (χ0) is 24.9. The zero-order valence-electron chi connectivity index (χ0n) is 19.4. The Morgan fingerprint density at radius 1 is 0.944 bits per heavy atom. The van der Waals surface area contributed by atoms with Crippen LogP contribution in [-0.2, 0) is 11.2 Å². The first-order valence-corrected chi connectivity index (χ1v) is 11.6. The molecule has 0 saturated carbocycles. The van der Waals surface area contributed by atoms with Crippen LogP contribution in [0.15, 0.2) is 79.4 Å². The normalized spacial score (nSPS) is 13.5. The lowest BCUT2D eigenvalue weighted by molar-refractivity contribution is -0.115. The predicted molar refractivity (Wildman–Crippen MR) is 132 cm³/mol. The Bertz CT molecular complexity index is 1350. The van der Waals surface area contributed by atoms with Crippen LogP contribution in [0.5, 0.6) is 0 Å². The summed E-state index contributed by atoms with van der Waals surface area (Å²) in [6, 6.07) is 14.9. The first-order valence-electron chi connectivity index (χ1n) is 11.6. The molecule has 4 aromatic rings. The van der Waals surface area contributed by atoms with Gasteiger partial charge in [-0.05, 0) is 48.0 Å². The van der Waals surface area contributed by atoms with Crippen LogP contribution in [-0.4, -0.2) is 62.6 Å². The van der Waals surface area contributed by atoms with E-state index < -0.39 is 0 Å². The fourth-order valence-corrected chi connectivity index (χ4v) is 4.07.